The molecule has 0 aliphatic carbocycles. The predicted octanol–water partition coefficient (Wildman–Crippen LogP) is 4.92. The molecule has 0 N–H and O–H groups in total. The molecule has 0 aliphatic heterocycles. The summed E-state index contributed by atoms with van der Waals surface area (Å²) >= 11 is 3.04. The minimum Gasteiger partial charge on any atom is -0.488 e. The Labute approximate surface area is 119 Å². The van der Waals surface area contributed by atoms with Gasteiger partial charge in [-0.2, -0.15) is 0 Å². The molecule has 19 heavy (non-hydrogen) atoms. The first-order valence-electron chi connectivity index (χ1n) is 5.82. The molecule has 0 saturated heterocycles. The third kappa shape index (κ3) is 2.95. The summed E-state index contributed by atoms with van der Waals surface area (Å²) in [7, 11) is 0. The summed E-state index contributed by atoms with van der Waals surface area (Å²) in [6.45, 7) is 3.74. The van der Waals surface area contributed by atoms with Crippen LogP contribution in [0, 0.1) is 25.5 Å². The molecule has 0 amide bonds. The van der Waals surface area contributed by atoms with Crippen LogP contribution < -0.4 is 4.74 Å². The van der Waals surface area contributed by atoms with Gasteiger partial charge in [0.15, 0.2) is 0 Å². The second-order valence-electron chi connectivity index (χ2n) is 4.31. The van der Waals surface area contributed by atoms with Crippen LogP contribution in [0.25, 0.3) is 0 Å². The maximum atomic E-state index is 13.8. The summed E-state index contributed by atoms with van der Waals surface area (Å²) in [5.41, 5.74) is 1.97. The first-order chi connectivity index (χ1) is 9.00. The summed E-state index contributed by atoms with van der Waals surface area (Å²) in [6, 6.07) is 8.16. The van der Waals surface area contributed by atoms with Crippen molar-refractivity contribution in [2.75, 3.05) is 0 Å². The van der Waals surface area contributed by atoms with Crippen molar-refractivity contribution in [1.29, 1.82) is 0 Å². The Hall–Kier alpha value is -1.42. The average Bonchev–Trinajstić information content (AvgIpc) is 2.39. The smallest absolute Gasteiger partial charge is 0.146 e. The summed E-state index contributed by atoms with van der Waals surface area (Å²) < 4.78 is 33.1. The number of ether oxygens (including phenoxy) is 1. The lowest BCUT2D eigenvalue weighted by molar-refractivity contribution is 0.290. The molecular formula is C15H13BrF2O. The van der Waals surface area contributed by atoms with Crippen molar-refractivity contribution in [2.24, 2.45) is 0 Å². The van der Waals surface area contributed by atoms with Gasteiger partial charge >= 0.3 is 0 Å². The fourth-order valence-corrected chi connectivity index (χ4v) is 2.10. The molecule has 0 aliphatic rings. The van der Waals surface area contributed by atoms with Crippen LogP contribution >= 0.6 is 15.9 Å². The molecular weight excluding hydrogens is 314 g/mol. The zero-order chi connectivity index (χ0) is 14.0. The molecule has 2 aromatic rings. The largest absolute Gasteiger partial charge is 0.488 e. The van der Waals surface area contributed by atoms with Gasteiger partial charge in [0.25, 0.3) is 0 Å². The first-order valence-corrected chi connectivity index (χ1v) is 6.61. The maximum Gasteiger partial charge on any atom is 0.146 e. The number of rotatable bonds is 3. The van der Waals surface area contributed by atoms with E-state index < -0.39 is 11.6 Å². The molecule has 0 spiro atoms. The van der Waals surface area contributed by atoms with E-state index in [1.54, 1.807) is 6.07 Å². The van der Waals surface area contributed by atoms with Crippen LogP contribution in [-0.4, -0.2) is 0 Å². The van der Waals surface area contributed by atoms with Crippen molar-refractivity contribution in [3.8, 4) is 5.75 Å². The van der Waals surface area contributed by atoms with Gasteiger partial charge in [-0.1, -0.05) is 12.1 Å². The standard InChI is InChI=1S/C15H13BrF2O/c1-9-4-3-5-14(10(9)2)19-8-11-13(17)7-6-12(16)15(11)18/h3-7H,8H2,1-2H3. The topological polar surface area (TPSA) is 9.23 Å². The van der Waals surface area contributed by atoms with Crippen molar-refractivity contribution < 1.29 is 13.5 Å². The van der Waals surface area contributed by atoms with E-state index in [-0.39, 0.29) is 16.6 Å². The lowest BCUT2D eigenvalue weighted by atomic mass is 10.1. The molecule has 0 heterocycles. The Morgan fingerprint density at radius 2 is 1.84 bits per heavy atom. The molecule has 0 fully saturated rings. The highest BCUT2D eigenvalue weighted by Gasteiger charge is 2.13. The Kier molecular flexibility index (Phi) is 4.20. The first kappa shape index (κ1) is 14.0. The summed E-state index contributed by atoms with van der Waals surface area (Å²) in [6.07, 6.45) is 0. The molecule has 0 bridgehead atoms. The highest BCUT2D eigenvalue weighted by molar-refractivity contribution is 9.10. The zero-order valence-corrected chi connectivity index (χ0v) is 12.2. The van der Waals surface area contributed by atoms with Crippen LogP contribution in [0.3, 0.4) is 0 Å². The van der Waals surface area contributed by atoms with Crippen molar-refractivity contribution >= 4 is 15.9 Å². The van der Waals surface area contributed by atoms with Gasteiger partial charge in [0, 0.05) is 0 Å². The van der Waals surface area contributed by atoms with Gasteiger partial charge in [-0.3, -0.25) is 0 Å². The van der Waals surface area contributed by atoms with Crippen LogP contribution in [0.15, 0.2) is 34.8 Å². The summed E-state index contributed by atoms with van der Waals surface area (Å²) in [4.78, 5) is 0. The number of hydrogen-bond donors (Lipinski definition) is 0. The second kappa shape index (κ2) is 5.70. The molecule has 0 radical (unpaired) electrons. The molecule has 0 saturated carbocycles. The lowest BCUT2D eigenvalue weighted by Crippen LogP contribution is -2.03. The van der Waals surface area contributed by atoms with Gasteiger partial charge in [-0.25, -0.2) is 8.78 Å². The summed E-state index contributed by atoms with van der Waals surface area (Å²) in [5.74, 6) is -0.588. The Morgan fingerprint density at radius 1 is 1.11 bits per heavy atom. The van der Waals surface area contributed by atoms with E-state index in [4.69, 9.17) is 4.74 Å². The Balaban J connectivity index is 2.24. The minimum atomic E-state index is -0.620. The van der Waals surface area contributed by atoms with Gasteiger partial charge in [0.1, 0.15) is 24.0 Å². The fourth-order valence-electron chi connectivity index (χ4n) is 1.73. The van der Waals surface area contributed by atoms with Crippen LogP contribution in [0.2, 0.25) is 0 Å². The quantitative estimate of drug-likeness (QED) is 0.727. The van der Waals surface area contributed by atoms with Gasteiger partial charge in [0.05, 0.1) is 10.0 Å². The Bertz CT molecular complexity index is 611. The molecule has 1 nitrogen and oxygen atoms in total. The van der Waals surface area contributed by atoms with Gasteiger partial charge < -0.3 is 4.74 Å². The van der Waals surface area contributed by atoms with Crippen molar-refractivity contribution in [3.05, 3.63) is 63.1 Å². The number of aryl methyl sites for hydroxylation is 1. The van der Waals surface area contributed by atoms with Gasteiger partial charge in [0.2, 0.25) is 0 Å². The predicted molar refractivity (Wildman–Crippen MR) is 74.3 cm³/mol. The SMILES string of the molecule is Cc1cccc(OCc2c(F)ccc(Br)c2F)c1C. The van der Waals surface area contributed by atoms with E-state index in [0.717, 1.165) is 11.1 Å². The van der Waals surface area contributed by atoms with Crippen molar-refractivity contribution in [3.63, 3.8) is 0 Å². The molecule has 0 atom stereocenters. The van der Waals surface area contributed by atoms with Gasteiger partial charge in [-0.15, -0.1) is 0 Å². The van der Waals surface area contributed by atoms with E-state index in [1.165, 1.54) is 12.1 Å². The average molecular weight is 327 g/mol. The number of halogens is 3. The minimum absolute atomic E-state index is 0.0738. The van der Waals surface area contributed by atoms with E-state index in [9.17, 15) is 8.78 Å². The fraction of sp³-hybridized carbons (Fsp3) is 0.200. The molecule has 2 rings (SSSR count). The van der Waals surface area contributed by atoms with E-state index in [0.29, 0.717) is 5.75 Å². The molecule has 4 heteroatoms. The van der Waals surface area contributed by atoms with E-state index in [1.807, 2.05) is 26.0 Å². The normalized spacial score (nSPS) is 10.6. The second-order valence-corrected chi connectivity index (χ2v) is 5.16. The summed E-state index contributed by atoms with van der Waals surface area (Å²) in [5, 5.41) is 0. The molecule has 2 aromatic carbocycles. The highest BCUT2D eigenvalue weighted by atomic mass is 79.9. The Morgan fingerprint density at radius 3 is 2.58 bits per heavy atom. The van der Waals surface area contributed by atoms with Crippen molar-refractivity contribution in [1.82, 2.24) is 0 Å². The van der Waals surface area contributed by atoms with Crippen LogP contribution in [0.5, 0.6) is 5.75 Å². The lowest BCUT2D eigenvalue weighted by Gasteiger charge is -2.12. The van der Waals surface area contributed by atoms with E-state index in [2.05, 4.69) is 15.9 Å². The van der Waals surface area contributed by atoms with Crippen LogP contribution in [0.4, 0.5) is 8.78 Å². The monoisotopic (exact) mass is 326 g/mol. The molecule has 0 unspecified atom stereocenters. The molecule has 0 aromatic heterocycles. The highest BCUT2D eigenvalue weighted by Crippen LogP contribution is 2.25. The van der Waals surface area contributed by atoms with Crippen LogP contribution in [0.1, 0.15) is 16.7 Å². The zero-order valence-electron chi connectivity index (χ0n) is 10.6. The third-order valence-corrected chi connectivity index (χ3v) is 3.68. The number of benzene rings is 2. The van der Waals surface area contributed by atoms with Crippen molar-refractivity contribution in [2.45, 2.75) is 20.5 Å². The number of hydrogen-bond acceptors (Lipinski definition) is 1. The third-order valence-electron chi connectivity index (χ3n) is 3.07. The maximum absolute atomic E-state index is 13.8. The van der Waals surface area contributed by atoms with Crippen LogP contribution in [-0.2, 0) is 6.61 Å². The molecule has 100 valence electrons. The van der Waals surface area contributed by atoms with Gasteiger partial charge in [-0.05, 0) is 59.1 Å². The van der Waals surface area contributed by atoms with E-state index >= 15 is 0 Å².